The molecule has 6 nitrogen and oxygen atoms in total. The molecule has 0 bridgehead atoms. The van der Waals surface area contributed by atoms with Crippen LogP contribution in [0.5, 0.6) is 0 Å². The maximum Gasteiger partial charge on any atom is 0.240 e. The normalized spacial score (nSPS) is 23.8. The molecule has 0 unspecified atom stereocenters. The molecule has 1 spiro atoms. The highest BCUT2D eigenvalue weighted by atomic mass is 32.1. The number of rotatable bonds is 3. The summed E-state index contributed by atoms with van der Waals surface area (Å²) in [6.07, 6.45) is 5.03. The maximum absolute atomic E-state index is 12.2. The van der Waals surface area contributed by atoms with Crippen LogP contribution in [0, 0.1) is 0 Å². The van der Waals surface area contributed by atoms with Gasteiger partial charge in [0.25, 0.3) is 0 Å². The van der Waals surface area contributed by atoms with E-state index in [0.29, 0.717) is 19.8 Å². The minimum Gasteiger partial charge on any atom is -0.347 e. The number of amides is 1. The molecule has 4 rings (SSSR count). The summed E-state index contributed by atoms with van der Waals surface area (Å²) in [5.41, 5.74) is 1.18. The van der Waals surface area contributed by atoms with Gasteiger partial charge in [-0.3, -0.25) is 9.69 Å². The first-order valence-corrected chi connectivity index (χ1v) is 8.83. The number of carbonyl (C=O) groups excluding carboxylic acids is 1. The highest BCUT2D eigenvalue weighted by Crippen LogP contribution is 2.32. The Bertz CT molecular complexity index is 537. The van der Waals surface area contributed by atoms with Gasteiger partial charge in [0, 0.05) is 30.8 Å². The van der Waals surface area contributed by atoms with E-state index in [4.69, 9.17) is 9.47 Å². The predicted octanol–water partition coefficient (Wildman–Crippen LogP) is 1.41. The van der Waals surface area contributed by atoms with E-state index in [-0.39, 0.29) is 11.7 Å². The SMILES string of the molecule is O=C(CN1CCC2(CC1)OCCO2)Nc1nc2c(s1)CCC2. The van der Waals surface area contributed by atoms with Gasteiger partial charge in [-0.05, 0) is 19.3 Å². The third kappa shape index (κ3) is 2.90. The number of hydrogen-bond donors (Lipinski definition) is 1. The number of piperidine rings is 1. The molecule has 1 aromatic heterocycles. The smallest absolute Gasteiger partial charge is 0.240 e. The van der Waals surface area contributed by atoms with Gasteiger partial charge in [0.2, 0.25) is 5.91 Å². The van der Waals surface area contributed by atoms with Crippen molar-refractivity contribution in [3.8, 4) is 0 Å². The van der Waals surface area contributed by atoms with E-state index in [9.17, 15) is 4.79 Å². The van der Waals surface area contributed by atoms with Crippen LogP contribution < -0.4 is 5.32 Å². The number of fused-ring (bicyclic) bond motifs is 1. The van der Waals surface area contributed by atoms with Crippen molar-refractivity contribution in [2.24, 2.45) is 0 Å². The molecule has 7 heteroatoms. The van der Waals surface area contributed by atoms with Gasteiger partial charge < -0.3 is 14.8 Å². The summed E-state index contributed by atoms with van der Waals surface area (Å²) in [7, 11) is 0. The van der Waals surface area contributed by atoms with Crippen LogP contribution in [0.15, 0.2) is 0 Å². The van der Waals surface area contributed by atoms with Crippen LogP contribution in [-0.4, -0.2) is 54.4 Å². The summed E-state index contributed by atoms with van der Waals surface area (Å²) < 4.78 is 11.4. The molecule has 0 radical (unpaired) electrons. The second-order valence-electron chi connectivity index (χ2n) is 6.17. The van der Waals surface area contributed by atoms with Gasteiger partial charge in [0.15, 0.2) is 10.9 Å². The molecule has 1 N–H and O–H groups in total. The number of anilines is 1. The molecule has 0 saturated carbocycles. The third-order valence-corrected chi connectivity index (χ3v) is 5.71. The second-order valence-corrected chi connectivity index (χ2v) is 7.26. The van der Waals surface area contributed by atoms with Crippen molar-refractivity contribution in [3.05, 3.63) is 10.6 Å². The van der Waals surface area contributed by atoms with Crippen molar-refractivity contribution in [3.63, 3.8) is 0 Å². The molecule has 0 aromatic carbocycles. The lowest BCUT2D eigenvalue weighted by Crippen LogP contribution is -2.47. The highest BCUT2D eigenvalue weighted by Gasteiger charge is 2.39. The van der Waals surface area contributed by atoms with E-state index in [1.165, 1.54) is 17.0 Å². The van der Waals surface area contributed by atoms with Crippen LogP contribution in [0.25, 0.3) is 0 Å². The Kier molecular flexibility index (Phi) is 3.89. The van der Waals surface area contributed by atoms with E-state index >= 15 is 0 Å². The van der Waals surface area contributed by atoms with Crippen LogP contribution in [0.1, 0.15) is 29.8 Å². The highest BCUT2D eigenvalue weighted by molar-refractivity contribution is 7.15. The quantitative estimate of drug-likeness (QED) is 0.911. The van der Waals surface area contributed by atoms with Crippen molar-refractivity contribution < 1.29 is 14.3 Å². The molecule has 0 atom stereocenters. The zero-order valence-corrected chi connectivity index (χ0v) is 13.4. The number of thiazole rings is 1. The Labute approximate surface area is 133 Å². The average Bonchev–Trinajstić information content (AvgIpc) is 3.18. The third-order valence-electron chi connectivity index (χ3n) is 4.64. The number of ether oxygens (including phenoxy) is 2. The van der Waals surface area contributed by atoms with Gasteiger partial charge in [0.1, 0.15) is 0 Å². The van der Waals surface area contributed by atoms with Crippen molar-refractivity contribution >= 4 is 22.4 Å². The van der Waals surface area contributed by atoms with Gasteiger partial charge in [-0.1, -0.05) is 0 Å². The van der Waals surface area contributed by atoms with Crippen molar-refractivity contribution in [2.75, 3.05) is 38.2 Å². The lowest BCUT2D eigenvalue weighted by molar-refractivity contribution is -0.185. The largest absolute Gasteiger partial charge is 0.347 e. The zero-order valence-electron chi connectivity index (χ0n) is 12.6. The van der Waals surface area contributed by atoms with Crippen LogP contribution in [0.2, 0.25) is 0 Å². The van der Waals surface area contributed by atoms with Gasteiger partial charge in [-0.2, -0.15) is 0 Å². The minimum atomic E-state index is -0.372. The lowest BCUT2D eigenvalue weighted by Gasteiger charge is -2.37. The summed E-state index contributed by atoms with van der Waals surface area (Å²) in [5.74, 6) is -0.347. The Hall–Kier alpha value is -1.02. The maximum atomic E-state index is 12.2. The molecule has 3 heterocycles. The minimum absolute atomic E-state index is 0.0247. The van der Waals surface area contributed by atoms with E-state index in [0.717, 1.165) is 43.9 Å². The zero-order chi connectivity index (χ0) is 15.0. The van der Waals surface area contributed by atoms with E-state index in [1.807, 2.05) is 0 Å². The summed E-state index contributed by atoms with van der Waals surface area (Å²) in [5, 5.41) is 3.70. The average molecular weight is 323 g/mol. The van der Waals surface area contributed by atoms with Gasteiger partial charge in [-0.25, -0.2) is 4.98 Å². The molecule has 1 aromatic rings. The molecule has 22 heavy (non-hydrogen) atoms. The van der Waals surface area contributed by atoms with E-state index in [2.05, 4.69) is 15.2 Å². The molecule has 2 fully saturated rings. The predicted molar refractivity (Wildman–Crippen MR) is 83.1 cm³/mol. The number of nitrogens with one attached hydrogen (secondary N) is 1. The summed E-state index contributed by atoms with van der Waals surface area (Å²) in [6, 6.07) is 0. The number of aromatic nitrogens is 1. The lowest BCUT2D eigenvalue weighted by atomic mass is 10.0. The van der Waals surface area contributed by atoms with Crippen molar-refractivity contribution in [1.82, 2.24) is 9.88 Å². The van der Waals surface area contributed by atoms with Gasteiger partial charge in [-0.15, -0.1) is 11.3 Å². The van der Waals surface area contributed by atoms with Crippen molar-refractivity contribution in [2.45, 2.75) is 37.9 Å². The monoisotopic (exact) mass is 323 g/mol. The fraction of sp³-hybridized carbons (Fsp3) is 0.733. The van der Waals surface area contributed by atoms with Gasteiger partial charge >= 0.3 is 0 Å². The molecule has 120 valence electrons. The molecule has 1 amide bonds. The molecular weight excluding hydrogens is 302 g/mol. The van der Waals surface area contributed by atoms with Crippen LogP contribution in [0.4, 0.5) is 5.13 Å². The summed E-state index contributed by atoms with van der Waals surface area (Å²) in [6.45, 7) is 3.47. The van der Waals surface area contributed by atoms with Gasteiger partial charge in [0.05, 0.1) is 25.5 Å². The molecule has 2 aliphatic heterocycles. The van der Waals surface area contributed by atoms with Crippen LogP contribution >= 0.6 is 11.3 Å². The molecule has 2 saturated heterocycles. The second kappa shape index (κ2) is 5.88. The van der Waals surface area contributed by atoms with E-state index in [1.54, 1.807) is 11.3 Å². The molecule has 1 aliphatic carbocycles. The number of aryl methyl sites for hydroxylation is 2. The summed E-state index contributed by atoms with van der Waals surface area (Å²) >= 11 is 1.63. The standard InChI is InChI=1S/C15H21N3O3S/c19-13(17-14-16-11-2-1-3-12(11)22-14)10-18-6-4-15(5-7-18)20-8-9-21-15/h1-10H2,(H,16,17,19). The topological polar surface area (TPSA) is 63.7 Å². The number of carbonyl (C=O) groups is 1. The number of hydrogen-bond acceptors (Lipinski definition) is 6. The number of nitrogens with zero attached hydrogens (tertiary/aromatic N) is 2. The first kappa shape index (κ1) is 14.6. The molecule has 3 aliphatic rings. The number of likely N-dealkylation sites (tertiary alicyclic amines) is 1. The fourth-order valence-electron chi connectivity index (χ4n) is 3.44. The first-order valence-electron chi connectivity index (χ1n) is 8.01. The molecular formula is C15H21N3O3S. The Balaban J connectivity index is 1.27. The van der Waals surface area contributed by atoms with Crippen LogP contribution in [-0.2, 0) is 27.1 Å². The fourth-order valence-corrected chi connectivity index (χ4v) is 4.51. The first-order chi connectivity index (χ1) is 10.7. The summed E-state index contributed by atoms with van der Waals surface area (Å²) in [4.78, 5) is 20.2. The van der Waals surface area contributed by atoms with Crippen LogP contribution in [0.3, 0.4) is 0 Å². The Morgan fingerprint density at radius 1 is 1.27 bits per heavy atom. The Morgan fingerprint density at radius 3 is 2.77 bits per heavy atom. The van der Waals surface area contributed by atoms with E-state index < -0.39 is 0 Å². The van der Waals surface area contributed by atoms with Crippen molar-refractivity contribution in [1.29, 1.82) is 0 Å². The Morgan fingerprint density at radius 2 is 2.05 bits per heavy atom.